The maximum absolute atomic E-state index is 10.9. The van der Waals surface area contributed by atoms with Crippen molar-refractivity contribution in [1.82, 2.24) is 4.98 Å². The largest absolute Gasteiger partial charge is 0.481 e. The second kappa shape index (κ2) is 5.34. The molecule has 0 amide bonds. The fourth-order valence-corrected chi connectivity index (χ4v) is 1.31. The number of hydrogen-bond acceptors (Lipinski definition) is 3. The molecular weight excluding hydrogens is 182 g/mol. The van der Waals surface area contributed by atoms with Crippen molar-refractivity contribution >= 4 is 5.97 Å². The average Bonchev–Trinajstić information content (AvgIpc) is 2.19. The molecule has 1 aromatic rings. The summed E-state index contributed by atoms with van der Waals surface area (Å²) in [7, 11) is 0. The summed E-state index contributed by atoms with van der Waals surface area (Å²) < 4.78 is 0. The highest BCUT2D eigenvalue weighted by atomic mass is 16.4. The molecule has 0 fully saturated rings. The highest BCUT2D eigenvalue weighted by Gasteiger charge is 2.18. The van der Waals surface area contributed by atoms with Crippen LogP contribution in [-0.2, 0) is 4.79 Å². The number of carboxylic acid groups (broad SMARTS) is 1. The molecule has 0 saturated heterocycles. The number of nitrogens with zero attached hydrogens (tertiary/aromatic N) is 1. The van der Waals surface area contributed by atoms with E-state index in [-0.39, 0.29) is 6.61 Å². The van der Waals surface area contributed by atoms with Crippen LogP contribution in [0.15, 0.2) is 24.5 Å². The number of rotatable bonds is 5. The molecule has 1 heterocycles. The van der Waals surface area contributed by atoms with Crippen LogP contribution in [0.3, 0.4) is 0 Å². The average molecular weight is 195 g/mol. The Kier molecular flexibility index (Phi) is 4.07. The Labute approximate surface area is 82.2 Å². The van der Waals surface area contributed by atoms with Gasteiger partial charge in [0, 0.05) is 19.0 Å². The molecule has 76 valence electrons. The van der Waals surface area contributed by atoms with Crippen LogP contribution >= 0.6 is 0 Å². The van der Waals surface area contributed by atoms with Gasteiger partial charge >= 0.3 is 5.97 Å². The van der Waals surface area contributed by atoms with Crippen LogP contribution in [0.5, 0.6) is 0 Å². The molecule has 1 atom stereocenters. The second-order valence-corrected chi connectivity index (χ2v) is 3.04. The van der Waals surface area contributed by atoms with Gasteiger partial charge in [0.05, 0.1) is 5.92 Å². The lowest BCUT2D eigenvalue weighted by molar-refractivity contribution is -0.139. The van der Waals surface area contributed by atoms with Gasteiger partial charge < -0.3 is 10.2 Å². The summed E-state index contributed by atoms with van der Waals surface area (Å²) in [4.78, 5) is 14.8. The molecule has 1 rings (SSSR count). The molecule has 4 nitrogen and oxygen atoms in total. The number of hydrogen-bond donors (Lipinski definition) is 2. The van der Waals surface area contributed by atoms with E-state index in [1.807, 2.05) is 0 Å². The zero-order valence-corrected chi connectivity index (χ0v) is 7.76. The van der Waals surface area contributed by atoms with Crippen LogP contribution in [0.1, 0.15) is 24.3 Å². The third-order valence-corrected chi connectivity index (χ3v) is 2.04. The van der Waals surface area contributed by atoms with Crippen LogP contribution in [-0.4, -0.2) is 27.8 Å². The first-order valence-electron chi connectivity index (χ1n) is 4.49. The summed E-state index contributed by atoms with van der Waals surface area (Å²) in [5.74, 6) is -1.43. The van der Waals surface area contributed by atoms with E-state index in [9.17, 15) is 4.79 Å². The first-order valence-corrected chi connectivity index (χ1v) is 4.49. The Morgan fingerprint density at radius 3 is 2.86 bits per heavy atom. The monoisotopic (exact) mass is 195 g/mol. The zero-order valence-electron chi connectivity index (χ0n) is 7.76. The standard InChI is InChI=1S/C10H13NO3/c12-6-2-4-9(10(13)14)8-3-1-5-11-7-8/h1,3,5,7,9,12H,2,4,6H2,(H,13,14). The van der Waals surface area contributed by atoms with Gasteiger partial charge in [0.25, 0.3) is 0 Å². The third-order valence-electron chi connectivity index (χ3n) is 2.04. The topological polar surface area (TPSA) is 70.4 Å². The minimum absolute atomic E-state index is 0.0179. The number of aliphatic hydroxyl groups is 1. The molecule has 14 heavy (non-hydrogen) atoms. The van der Waals surface area contributed by atoms with Crippen LogP contribution in [0.25, 0.3) is 0 Å². The Bertz CT molecular complexity index is 287. The molecule has 0 spiro atoms. The van der Waals surface area contributed by atoms with E-state index in [1.54, 1.807) is 24.5 Å². The van der Waals surface area contributed by atoms with Gasteiger partial charge in [0.1, 0.15) is 0 Å². The molecule has 0 aliphatic rings. The number of pyridine rings is 1. The van der Waals surface area contributed by atoms with Gasteiger partial charge in [-0.1, -0.05) is 6.07 Å². The number of aromatic nitrogens is 1. The molecule has 0 radical (unpaired) electrons. The summed E-state index contributed by atoms with van der Waals surface area (Å²) >= 11 is 0. The van der Waals surface area contributed by atoms with Crippen molar-refractivity contribution in [2.24, 2.45) is 0 Å². The Morgan fingerprint density at radius 1 is 1.57 bits per heavy atom. The van der Waals surface area contributed by atoms with Crippen molar-refractivity contribution in [1.29, 1.82) is 0 Å². The van der Waals surface area contributed by atoms with Gasteiger partial charge in [-0.15, -0.1) is 0 Å². The normalized spacial score (nSPS) is 12.4. The molecule has 0 saturated carbocycles. The van der Waals surface area contributed by atoms with Crippen molar-refractivity contribution < 1.29 is 15.0 Å². The van der Waals surface area contributed by atoms with Gasteiger partial charge in [-0.2, -0.15) is 0 Å². The van der Waals surface area contributed by atoms with E-state index in [1.165, 1.54) is 0 Å². The van der Waals surface area contributed by atoms with E-state index in [0.29, 0.717) is 18.4 Å². The first-order chi connectivity index (χ1) is 6.75. The van der Waals surface area contributed by atoms with Gasteiger partial charge in [0.2, 0.25) is 0 Å². The first kappa shape index (κ1) is 10.7. The zero-order chi connectivity index (χ0) is 10.4. The van der Waals surface area contributed by atoms with Crippen LogP contribution < -0.4 is 0 Å². The highest BCUT2D eigenvalue weighted by molar-refractivity contribution is 5.75. The summed E-state index contributed by atoms with van der Waals surface area (Å²) in [6, 6.07) is 3.45. The fourth-order valence-electron chi connectivity index (χ4n) is 1.31. The summed E-state index contributed by atoms with van der Waals surface area (Å²) in [5, 5.41) is 17.6. The number of carbonyl (C=O) groups is 1. The smallest absolute Gasteiger partial charge is 0.311 e. The third kappa shape index (κ3) is 2.81. The van der Waals surface area contributed by atoms with Gasteiger partial charge in [-0.25, -0.2) is 0 Å². The molecule has 1 aromatic heterocycles. The van der Waals surface area contributed by atoms with Crippen LogP contribution in [0.2, 0.25) is 0 Å². The minimum Gasteiger partial charge on any atom is -0.481 e. The SMILES string of the molecule is O=C(O)C(CCCO)c1cccnc1. The highest BCUT2D eigenvalue weighted by Crippen LogP contribution is 2.20. The number of carboxylic acids is 1. The fraction of sp³-hybridized carbons (Fsp3) is 0.400. The number of aliphatic carboxylic acids is 1. The Balaban J connectivity index is 2.73. The maximum atomic E-state index is 10.9. The van der Waals surface area contributed by atoms with Crippen molar-refractivity contribution in [3.05, 3.63) is 30.1 Å². The molecule has 1 unspecified atom stereocenters. The molecule has 4 heteroatoms. The minimum atomic E-state index is -0.869. The van der Waals surface area contributed by atoms with Crippen LogP contribution in [0.4, 0.5) is 0 Å². The van der Waals surface area contributed by atoms with Crippen molar-refractivity contribution in [2.75, 3.05) is 6.61 Å². The lowest BCUT2D eigenvalue weighted by atomic mass is 9.96. The maximum Gasteiger partial charge on any atom is 0.311 e. The lowest BCUT2D eigenvalue weighted by Gasteiger charge is -2.10. The van der Waals surface area contributed by atoms with Crippen molar-refractivity contribution in [3.63, 3.8) is 0 Å². The Hall–Kier alpha value is -1.42. The van der Waals surface area contributed by atoms with Crippen molar-refractivity contribution in [3.8, 4) is 0 Å². The number of aliphatic hydroxyl groups excluding tert-OH is 1. The summed E-state index contributed by atoms with van der Waals surface area (Å²) in [5.41, 5.74) is 0.688. The molecular formula is C10H13NO3. The van der Waals surface area contributed by atoms with Gasteiger partial charge in [-0.3, -0.25) is 9.78 Å². The summed E-state index contributed by atoms with van der Waals surface area (Å²) in [6.45, 7) is 0.0179. The Morgan fingerprint density at radius 2 is 2.36 bits per heavy atom. The van der Waals surface area contributed by atoms with Gasteiger partial charge in [0.15, 0.2) is 0 Å². The second-order valence-electron chi connectivity index (χ2n) is 3.04. The van der Waals surface area contributed by atoms with E-state index >= 15 is 0 Å². The molecule has 0 aliphatic carbocycles. The van der Waals surface area contributed by atoms with E-state index in [2.05, 4.69) is 4.98 Å². The van der Waals surface area contributed by atoms with Crippen molar-refractivity contribution in [2.45, 2.75) is 18.8 Å². The van der Waals surface area contributed by atoms with Gasteiger partial charge in [-0.05, 0) is 24.5 Å². The van der Waals surface area contributed by atoms with E-state index in [0.717, 1.165) is 0 Å². The lowest BCUT2D eigenvalue weighted by Crippen LogP contribution is -2.12. The summed E-state index contributed by atoms with van der Waals surface area (Å²) in [6.07, 6.45) is 4.09. The molecule has 2 N–H and O–H groups in total. The molecule has 0 aliphatic heterocycles. The molecule has 0 aromatic carbocycles. The quantitative estimate of drug-likeness (QED) is 0.736. The van der Waals surface area contributed by atoms with Crippen LogP contribution in [0, 0.1) is 0 Å². The van der Waals surface area contributed by atoms with E-state index < -0.39 is 11.9 Å². The predicted octanol–water partition coefficient (Wildman–Crippen LogP) is 1.02. The van der Waals surface area contributed by atoms with E-state index in [4.69, 9.17) is 10.2 Å². The molecule has 0 bridgehead atoms. The predicted molar refractivity (Wildman–Crippen MR) is 50.9 cm³/mol.